The molecule has 12 heteroatoms. The van der Waals surface area contributed by atoms with Crippen LogP contribution in [0.1, 0.15) is 55.4 Å². The molecular formula is C25H29FN4O6S. The quantitative estimate of drug-likeness (QED) is 0.404. The number of pyridine rings is 1. The number of benzene rings is 1. The molecule has 0 aliphatic carbocycles. The lowest BCUT2D eigenvalue weighted by Crippen LogP contribution is -2.34. The molecule has 198 valence electrons. The van der Waals surface area contributed by atoms with Crippen LogP contribution in [0.15, 0.2) is 30.5 Å². The van der Waals surface area contributed by atoms with Crippen LogP contribution in [0.5, 0.6) is 10.8 Å². The number of aromatic carboxylic acids is 1. The van der Waals surface area contributed by atoms with Gasteiger partial charge in [-0.15, -0.1) is 0 Å². The zero-order valence-electron chi connectivity index (χ0n) is 21.4. The van der Waals surface area contributed by atoms with E-state index in [2.05, 4.69) is 9.36 Å². The molecule has 2 aromatic heterocycles. The summed E-state index contributed by atoms with van der Waals surface area (Å²) in [6, 6.07) is 4.97. The molecule has 1 aromatic carbocycles. The molecule has 1 atom stereocenters. The first kappa shape index (κ1) is 27.7. The van der Waals surface area contributed by atoms with Crippen molar-refractivity contribution in [1.29, 1.82) is 0 Å². The number of nitrogens with zero attached hydrogens (tertiary/aromatic N) is 3. The summed E-state index contributed by atoms with van der Waals surface area (Å²) in [5.74, 6) is -1.59. The van der Waals surface area contributed by atoms with Crippen LogP contribution in [0.2, 0.25) is 0 Å². The van der Waals surface area contributed by atoms with Gasteiger partial charge in [0.15, 0.2) is 11.6 Å². The van der Waals surface area contributed by atoms with Crippen LogP contribution in [0, 0.1) is 5.82 Å². The summed E-state index contributed by atoms with van der Waals surface area (Å²) in [5, 5.41) is 9.97. The van der Waals surface area contributed by atoms with Crippen molar-refractivity contribution in [3.63, 3.8) is 0 Å². The standard InChI is InChI=1S/C25H29FN4O6S/c1-13(17-10-15(26)7-8-16(17)22(31)32)35-19-9-14(11-28-21(19)27)20-18(29-37-23(20)34-6)12-30(5)24(33)36-25(2,3)4/h7-11,13H,12H2,1-6H3,(H2,27,28)(H,31,32)/t13-/m1/s1. The number of hydrogen-bond donors (Lipinski definition) is 2. The molecule has 0 spiro atoms. The van der Waals surface area contributed by atoms with Gasteiger partial charge in [-0.05, 0) is 52.0 Å². The molecule has 0 aliphatic heterocycles. The molecule has 0 saturated heterocycles. The van der Waals surface area contributed by atoms with Crippen LogP contribution in [-0.2, 0) is 11.3 Å². The van der Waals surface area contributed by atoms with E-state index in [-0.39, 0.29) is 29.2 Å². The highest BCUT2D eigenvalue weighted by molar-refractivity contribution is 7.08. The van der Waals surface area contributed by atoms with E-state index in [0.29, 0.717) is 21.9 Å². The van der Waals surface area contributed by atoms with Gasteiger partial charge >= 0.3 is 12.1 Å². The summed E-state index contributed by atoms with van der Waals surface area (Å²) in [7, 11) is 3.10. The Morgan fingerprint density at radius 3 is 2.59 bits per heavy atom. The maximum absolute atomic E-state index is 13.9. The Kier molecular flexibility index (Phi) is 8.22. The van der Waals surface area contributed by atoms with Gasteiger partial charge in [0.25, 0.3) is 0 Å². The molecule has 1 amide bonds. The van der Waals surface area contributed by atoms with Crippen molar-refractivity contribution in [3.05, 3.63) is 53.1 Å². The summed E-state index contributed by atoms with van der Waals surface area (Å²) >= 11 is 1.11. The van der Waals surface area contributed by atoms with E-state index in [0.717, 1.165) is 23.7 Å². The zero-order chi connectivity index (χ0) is 27.5. The number of anilines is 1. The number of carboxylic acid groups (broad SMARTS) is 1. The van der Waals surface area contributed by atoms with Crippen molar-refractivity contribution in [2.45, 2.75) is 45.9 Å². The fourth-order valence-electron chi connectivity index (χ4n) is 3.47. The van der Waals surface area contributed by atoms with Crippen LogP contribution in [0.3, 0.4) is 0 Å². The molecule has 37 heavy (non-hydrogen) atoms. The second-order valence-electron chi connectivity index (χ2n) is 9.24. The normalized spacial score (nSPS) is 12.1. The molecule has 0 bridgehead atoms. The van der Waals surface area contributed by atoms with Gasteiger partial charge in [0.1, 0.15) is 17.5 Å². The topological polar surface area (TPSA) is 137 Å². The minimum Gasteiger partial charge on any atom is -0.486 e. The Morgan fingerprint density at radius 1 is 1.27 bits per heavy atom. The van der Waals surface area contributed by atoms with Crippen LogP contribution in [-0.4, -0.2) is 51.2 Å². The number of nitrogen functional groups attached to an aromatic ring is 1. The van der Waals surface area contributed by atoms with E-state index >= 15 is 0 Å². The van der Waals surface area contributed by atoms with E-state index in [1.165, 1.54) is 24.3 Å². The average Bonchev–Trinajstić information content (AvgIpc) is 3.21. The number of carboxylic acids is 1. The third-order valence-electron chi connectivity index (χ3n) is 5.17. The van der Waals surface area contributed by atoms with Gasteiger partial charge in [0, 0.05) is 35.9 Å². The van der Waals surface area contributed by atoms with E-state index in [4.69, 9.17) is 19.9 Å². The first-order valence-electron chi connectivity index (χ1n) is 11.2. The second-order valence-corrected chi connectivity index (χ2v) is 9.97. The monoisotopic (exact) mass is 532 g/mol. The van der Waals surface area contributed by atoms with Crippen LogP contribution < -0.4 is 15.2 Å². The summed E-state index contributed by atoms with van der Waals surface area (Å²) < 4.78 is 35.2. The van der Waals surface area contributed by atoms with Crippen LogP contribution in [0.4, 0.5) is 15.0 Å². The molecule has 10 nitrogen and oxygen atoms in total. The third-order valence-corrected chi connectivity index (χ3v) is 6.01. The van der Waals surface area contributed by atoms with Gasteiger partial charge < -0.3 is 30.0 Å². The summed E-state index contributed by atoms with van der Waals surface area (Å²) in [6.07, 6.45) is 0.144. The minimum atomic E-state index is -1.21. The van der Waals surface area contributed by atoms with Crippen molar-refractivity contribution in [2.24, 2.45) is 0 Å². The molecule has 0 aliphatic rings. The molecule has 3 aromatic rings. The average molecular weight is 533 g/mol. The molecule has 0 unspecified atom stereocenters. The smallest absolute Gasteiger partial charge is 0.410 e. The van der Waals surface area contributed by atoms with Crippen LogP contribution >= 0.6 is 11.5 Å². The molecule has 0 radical (unpaired) electrons. The molecule has 0 fully saturated rings. The summed E-state index contributed by atoms with van der Waals surface area (Å²) in [6.45, 7) is 7.05. The lowest BCUT2D eigenvalue weighted by atomic mass is 10.0. The van der Waals surface area contributed by atoms with E-state index in [1.807, 2.05) is 0 Å². The largest absolute Gasteiger partial charge is 0.486 e. The van der Waals surface area contributed by atoms with Crippen molar-refractivity contribution < 1.29 is 33.3 Å². The van der Waals surface area contributed by atoms with E-state index in [9.17, 15) is 19.1 Å². The number of methoxy groups -OCH3 is 1. The van der Waals surface area contributed by atoms with Crippen molar-refractivity contribution in [2.75, 3.05) is 19.9 Å². The SMILES string of the molecule is COc1snc(CN(C)C(=O)OC(C)(C)C)c1-c1cnc(N)c(O[C@H](C)c2cc(F)ccc2C(=O)O)c1. The number of hydrogen-bond acceptors (Lipinski definition) is 9. The minimum absolute atomic E-state index is 0.0541. The predicted octanol–water partition coefficient (Wildman–Crippen LogP) is 5.14. The molecule has 0 saturated carbocycles. The summed E-state index contributed by atoms with van der Waals surface area (Å²) in [4.78, 5) is 29.7. The number of carbonyl (C=O) groups excluding carboxylic acids is 1. The van der Waals surface area contributed by atoms with Gasteiger partial charge in [-0.3, -0.25) is 0 Å². The van der Waals surface area contributed by atoms with Gasteiger partial charge in [-0.2, -0.15) is 4.37 Å². The van der Waals surface area contributed by atoms with E-state index < -0.39 is 29.6 Å². The first-order chi connectivity index (χ1) is 17.3. The number of aromatic nitrogens is 2. The van der Waals surface area contributed by atoms with Gasteiger partial charge in [0.2, 0.25) is 5.06 Å². The Balaban J connectivity index is 1.94. The Labute approximate surface area is 218 Å². The Bertz CT molecular complexity index is 1310. The first-order valence-corrected chi connectivity index (χ1v) is 12.0. The molecule has 3 N–H and O–H groups in total. The molecule has 2 heterocycles. The highest BCUT2D eigenvalue weighted by Crippen LogP contribution is 2.40. The number of halogens is 1. The van der Waals surface area contributed by atoms with Gasteiger partial charge in [-0.25, -0.2) is 19.0 Å². The van der Waals surface area contributed by atoms with Gasteiger partial charge in [0.05, 0.1) is 30.5 Å². The Morgan fingerprint density at radius 2 is 1.97 bits per heavy atom. The van der Waals surface area contributed by atoms with Crippen molar-refractivity contribution in [1.82, 2.24) is 14.3 Å². The maximum Gasteiger partial charge on any atom is 0.410 e. The highest BCUT2D eigenvalue weighted by atomic mass is 32.1. The molecular weight excluding hydrogens is 503 g/mol. The summed E-state index contributed by atoms with van der Waals surface area (Å²) in [5.41, 5.74) is 7.12. The zero-order valence-corrected chi connectivity index (χ0v) is 22.2. The predicted molar refractivity (Wildman–Crippen MR) is 136 cm³/mol. The lowest BCUT2D eigenvalue weighted by molar-refractivity contribution is 0.0283. The second kappa shape index (κ2) is 11.0. The number of amides is 1. The van der Waals surface area contributed by atoms with E-state index in [1.54, 1.807) is 40.8 Å². The van der Waals surface area contributed by atoms with Gasteiger partial charge in [-0.1, -0.05) is 0 Å². The fraction of sp³-hybridized carbons (Fsp3) is 0.360. The number of ether oxygens (including phenoxy) is 3. The Hall–Kier alpha value is -3.93. The number of nitrogens with two attached hydrogens (primary N) is 1. The third kappa shape index (κ3) is 6.64. The fourth-order valence-corrected chi connectivity index (χ4v) is 4.21. The number of rotatable bonds is 8. The highest BCUT2D eigenvalue weighted by Gasteiger charge is 2.25. The van der Waals surface area contributed by atoms with Crippen molar-refractivity contribution in [3.8, 4) is 21.9 Å². The maximum atomic E-state index is 13.9. The lowest BCUT2D eigenvalue weighted by Gasteiger charge is -2.24. The van der Waals surface area contributed by atoms with Crippen LogP contribution in [0.25, 0.3) is 11.1 Å². The molecule has 3 rings (SSSR count). The van der Waals surface area contributed by atoms with Crippen molar-refractivity contribution >= 4 is 29.4 Å². The number of carbonyl (C=O) groups is 2.